The van der Waals surface area contributed by atoms with E-state index in [1.165, 1.54) is 5.56 Å². The van der Waals surface area contributed by atoms with Crippen molar-refractivity contribution in [1.82, 2.24) is 5.32 Å². The van der Waals surface area contributed by atoms with Gasteiger partial charge in [-0.15, -0.1) is 0 Å². The van der Waals surface area contributed by atoms with Crippen LogP contribution in [0.3, 0.4) is 0 Å². The van der Waals surface area contributed by atoms with E-state index in [-0.39, 0.29) is 24.3 Å². The van der Waals surface area contributed by atoms with Crippen molar-refractivity contribution >= 4 is 11.9 Å². The number of hydrogen-bond donors (Lipinski definition) is 2. The van der Waals surface area contributed by atoms with Crippen LogP contribution in [-0.4, -0.2) is 35.7 Å². The SMILES string of the molecule is CC(C)(C)c1ccc(CCC(=O)NC2(CC(=O)O)CCOC2)cc1. The Morgan fingerprint density at radius 3 is 2.42 bits per heavy atom. The van der Waals surface area contributed by atoms with Gasteiger partial charge in [0, 0.05) is 13.0 Å². The molecule has 1 unspecified atom stereocenters. The number of aliphatic carboxylic acids is 1. The van der Waals surface area contributed by atoms with Gasteiger partial charge in [-0.2, -0.15) is 0 Å². The molecule has 1 fully saturated rings. The van der Waals surface area contributed by atoms with Crippen molar-refractivity contribution in [2.24, 2.45) is 0 Å². The summed E-state index contributed by atoms with van der Waals surface area (Å²) in [5.74, 6) is -1.04. The maximum Gasteiger partial charge on any atom is 0.305 e. The first-order chi connectivity index (χ1) is 11.2. The Morgan fingerprint density at radius 1 is 1.25 bits per heavy atom. The zero-order valence-electron chi connectivity index (χ0n) is 14.7. The largest absolute Gasteiger partial charge is 0.481 e. The van der Waals surface area contributed by atoms with E-state index in [0.29, 0.717) is 25.9 Å². The number of carboxylic acids is 1. The third-order valence-electron chi connectivity index (χ3n) is 4.46. The van der Waals surface area contributed by atoms with Crippen LogP contribution in [0.2, 0.25) is 0 Å². The highest BCUT2D eigenvalue weighted by Gasteiger charge is 2.38. The first kappa shape index (κ1) is 18.5. The van der Waals surface area contributed by atoms with E-state index in [4.69, 9.17) is 9.84 Å². The third-order valence-corrected chi connectivity index (χ3v) is 4.46. The molecular weight excluding hydrogens is 306 g/mol. The Labute approximate surface area is 143 Å². The molecule has 0 bridgehead atoms. The summed E-state index contributed by atoms with van der Waals surface area (Å²) >= 11 is 0. The van der Waals surface area contributed by atoms with E-state index in [1.807, 2.05) is 0 Å². The van der Waals surface area contributed by atoms with Gasteiger partial charge in [0.15, 0.2) is 0 Å². The fraction of sp³-hybridized carbons (Fsp3) is 0.579. The minimum atomic E-state index is -0.918. The van der Waals surface area contributed by atoms with Crippen LogP contribution < -0.4 is 5.32 Å². The third kappa shape index (κ3) is 5.06. The number of carbonyl (C=O) groups is 2. The fourth-order valence-corrected chi connectivity index (χ4v) is 2.97. The Morgan fingerprint density at radius 2 is 1.92 bits per heavy atom. The Hall–Kier alpha value is -1.88. The molecule has 132 valence electrons. The maximum absolute atomic E-state index is 12.2. The van der Waals surface area contributed by atoms with Crippen LogP contribution in [0.4, 0.5) is 0 Å². The zero-order valence-corrected chi connectivity index (χ0v) is 14.7. The summed E-state index contributed by atoms with van der Waals surface area (Å²) in [5, 5.41) is 11.9. The number of nitrogens with one attached hydrogen (secondary N) is 1. The second kappa shape index (κ2) is 7.34. The maximum atomic E-state index is 12.2. The minimum absolute atomic E-state index is 0.0982. The molecule has 1 aliphatic heterocycles. The van der Waals surface area contributed by atoms with E-state index >= 15 is 0 Å². The smallest absolute Gasteiger partial charge is 0.305 e. The lowest BCUT2D eigenvalue weighted by Gasteiger charge is -2.27. The molecule has 0 spiro atoms. The van der Waals surface area contributed by atoms with Gasteiger partial charge in [0.05, 0.1) is 18.6 Å². The minimum Gasteiger partial charge on any atom is -0.481 e. The van der Waals surface area contributed by atoms with Gasteiger partial charge in [0.2, 0.25) is 5.91 Å². The lowest BCUT2D eigenvalue weighted by atomic mass is 9.86. The number of carbonyl (C=O) groups excluding carboxylic acids is 1. The molecule has 0 radical (unpaired) electrons. The summed E-state index contributed by atoms with van der Waals surface area (Å²) < 4.78 is 5.29. The van der Waals surface area contributed by atoms with Crippen LogP contribution in [-0.2, 0) is 26.2 Å². The van der Waals surface area contributed by atoms with Gasteiger partial charge in [-0.1, -0.05) is 45.0 Å². The molecule has 2 N–H and O–H groups in total. The predicted octanol–water partition coefficient (Wildman–Crippen LogP) is 2.67. The molecule has 1 aromatic rings. The van der Waals surface area contributed by atoms with Gasteiger partial charge in [-0.3, -0.25) is 9.59 Å². The molecule has 0 aromatic heterocycles. The van der Waals surface area contributed by atoms with Gasteiger partial charge in [-0.25, -0.2) is 0 Å². The Balaban J connectivity index is 1.89. The molecule has 1 aliphatic rings. The topological polar surface area (TPSA) is 75.6 Å². The molecule has 5 heteroatoms. The number of aryl methyl sites for hydroxylation is 1. The number of amides is 1. The van der Waals surface area contributed by atoms with Crippen LogP contribution in [0, 0.1) is 0 Å². The monoisotopic (exact) mass is 333 g/mol. The number of benzene rings is 1. The van der Waals surface area contributed by atoms with Crippen LogP contribution in [0.5, 0.6) is 0 Å². The van der Waals surface area contributed by atoms with Crippen LogP contribution >= 0.6 is 0 Å². The highest BCUT2D eigenvalue weighted by atomic mass is 16.5. The van der Waals surface area contributed by atoms with Crippen LogP contribution in [0.15, 0.2) is 24.3 Å². The number of hydrogen-bond acceptors (Lipinski definition) is 3. The van der Waals surface area contributed by atoms with Gasteiger partial charge in [0.1, 0.15) is 0 Å². The normalized spacial score (nSPS) is 20.8. The molecule has 1 saturated heterocycles. The van der Waals surface area contributed by atoms with E-state index < -0.39 is 11.5 Å². The van der Waals surface area contributed by atoms with Crippen molar-refractivity contribution in [2.45, 2.75) is 57.4 Å². The summed E-state index contributed by atoms with van der Waals surface area (Å²) in [6.07, 6.45) is 1.43. The van der Waals surface area contributed by atoms with E-state index in [2.05, 4.69) is 50.4 Å². The van der Waals surface area contributed by atoms with E-state index in [0.717, 1.165) is 5.56 Å². The first-order valence-electron chi connectivity index (χ1n) is 8.40. The second-order valence-corrected chi connectivity index (χ2v) is 7.65. The lowest BCUT2D eigenvalue weighted by Crippen LogP contribution is -2.50. The van der Waals surface area contributed by atoms with E-state index in [1.54, 1.807) is 0 Å². The number of ether oxygens (including phenoxy) is 1. The molecule has 1 amide bonds. The second-order valence-electron chi connectivity index (χ2n) is 7.65. The van der Waals surface area contributed by atoms with Crippen molar-refractivity contribution < 1.29 is 19.4 Å². The molecule has 0 saturated carbocycles. The van der Waals surface area contributed by atoms with E-state index in [9.17, 15) is 9.59 Å². The summed E-state index contributed by atoms with van der Waals surface area (Å²) in [6.45, 7) is 7.26. The predicted molar refractivity (Wildman–Crippen MR) is 92.0 cm³/mol. The van der Waals surface area contributed by atoms with Crippen molar-refractivity contribution in [3.63, 3.8) is 0 Å². The Kier molecular flexibility index (Phi) is 5.65. The van der Waals surface area contributed by atoms with Crippen molar-refractivity contribution in [3.8, 4) is 0 Å². The molecule has 24 heavy (non-hydrogen) atoms. The summed E-state index contributed by atoms with van der Waals surface area (Å²) in [5.41, 5.74) is 1.73. The molecule has 1 atom stereocenters. The lowest BCUT2D eigenvalue weighted by molar-refractivity contribution is -0.139. The quantitative estimate of drug-likeness (QED) is 0.839. The van der Waals surface area contributed by atoms with Crippen molar-refractivity contribution in [2.75, 3.05) is 13.2 Å². The highest BCUT2D eigenvalue weighted by Crippen LogP contribution is 2.24. The number of carboxylic acid groups (broad SMARTS) is 1. The highest BCUT2D eigenvalue weighted by molar-refractivity contribution is 5.78. The molecule has 2 rings (SSSR count). The number of rotatable bonds is 6. The fourth-order valence-electron chi connectivity index (χ4n) is 2.97. The summed E-state index contributed by atoms with van der Waals surface area (Å²) in [6, 6.07) is 8.31. The van der Waals surface area contributed by atoms with Crippen molar-refractivity contribution in [1.29, 1.82) is 0 Å². The molecule has 1 heterocycles. The Bertz CT molecular complexity index is 580. The summed E-state index contributed by atoms with van der Waals surface area (Å²) in [4.78, 5) is 23.3. The standard InChI is InChI=1S/C19H27NO4/c1-18(2,3)15-7-4-14(5-8-15)6-9-16(21)20-19(12-17(22)23)10-11-24-13-19/h4-5,7-8H,6,9-13H2,1-3H3,(H,20,21)(H,22,23). The molecule has 0 aliphatic carbocycles. The summed E-state index contributed by atoms with van der Waals surface area (Å²) in [7, 11) is 0. The van der Waals surface area contributed by atoms with Gasteiger partial charge in [-0.05, 0) is 29.4 Å². The molecule has 5 nitrogen and oxygen atoms in total. The van der Waals surface area contributed by atoms with Gasteiger partial charge >= 0.3 is 5.97 Å². The molecular formula is C19H27NO4. The van der Waals surface area contributed by atoms with Gasteiger partial charge < -0.3 is 15.2 Å². The van der Waals surface area contributed by atoms with Gasteiger partial charge in [0.25, 0.3) is 0 Å². The van der Waals surface area contributed by atoms with Crippen molar-refractivity contribution in [3.05, 3.63) is 35.4 Å². The average Bonchev–Trinajstić information content (AvgIpc) is 2.91. The molecule has 1 aromatic carbocycles. The van der Waals surface area contributed by atoms with Crippen LogP contribution in [0.1, 0.15) is 51.2 Å². The first-order valence-corrected chi connectivity index (χ1v) is 8.40. The average molecular weight is 333 g/mol. The zero-order chi connectivity index (χ0) is 17.8. The van der Waals surface area contributed by atoms with Crippen LogP contribution in [0.25, 0.3) is 0 Å².